The second kappa shape index (κ2) is 4.89. The molecule has 34 valence electrons. The van der Waals surface area contributed by atoms with Crippen LogP contribution in [-0.4, -0.2) is 83.4 Å². The Morgan fingerprint density at radius 3 is 2.43 bits per heavy atom. The van der Waals surface area contributed by atoms with Crippen molar-refractivity contribution in [2.24, 2.45) is 0 Å². The van der Waals surface area contributed by atoms with E-state index in [1.165, 1.54) is 4.44 Å². The average molecular weight is 279 g/mol. The van der Waals surface area contributed by atoms with Crippen molar-refractivity contribution in [2.45, 2.75) is 6.92 Å². The predicted octanol–water partition coefficient (Wildman–Crippen LogP) is 0.404. The molecule has 0 aliphatic heterocycles. The summed E-state index contributed by atoms with van der Waals surface area (Å²) in [6.07, 6.45) is 0. The Balaban J connectivity index is 0.000000360. The first-order valence-electron chi connectivity index (χ1n) is 1.90. The molecule has 1 aromatic rings. The van der Waals surface area contributed by atoms with E-state index in [-0.39, 0.29) is 68.9 Å². The summed E-state index contributed by atoms with van der Waals surface area (Å²) in [7, 11) is 0. The molecule has 0 atom stereocenters. The molecule has 0 saturated carbocycles. The molecule has 1 heterocycles. The first kappa shape index (κ1) is 9.05. The molecule has 0 bridgehead atoms. The monoisotopic (exact) mass is 280 g/mol. The summed E-state index contributed by atoms with van der Waals surface area (Å²) in [5, 5.41) is 0. The second-order valence-electron chi connectivity index (χ2n) is 1.22. The van der Waals surface area contributed by atoms with Crippen molar-refractivity contribution in [3.8, 4) is 0 Å². The van der Waals surface area contributed by atoms with Gasteiger partial charge < -0.3 is 0 Å². The molecule has 0 aliphatic carbocycles. The van der Waals surface area contributed by atoms with E-state index in [4.69, 9.17) is 0 Å². The number of aryl methyl sites for hydroxylation is 1. The Morgan fingerprint density at radius 2 is 2.29 bits per heavy atom. The van der Waals surface area contributed by atoms with Gasteiger partial charge in [-0.1, -0.05) is 0 Å². The van der Waals surface area contributed by atoms with Gasteiger partial charge in [-0.15, -0.1) is 0 Å². The van der Waals surface area contributed by atoms with E-state index in [2.05, 4.69) is 24.0 Å². The van der Waals surface area contributed by atoms with Gasteiger partial charge in [-0.3, -0.25) is 0 Å². The van der Waals surface area contributed by atoms with E-state index in [1.54, 1.807) is 0 Å². The number of rotatable bonds is 0. The van der Waals surface area contributed by atoms with Crippen LogP contribution < -0.4 is 0 Å². The molecule has 0 unspecified atom stereocenters. The van der Waals surface area contributed by atoms with Gasteiger partial charge in [0.25, 0.3) is 0 Å². The van der Waals surface area contributed by atoms with Gasteiger partial charge in [0.05, 0.1) is 0 Å². The Bertz CT molecular complexity index is 112. The van der Waals surface area contributed by atoms with Gasteiger partial charge in [0.15, 0.2) is 0 Å². The van der Waals surface area contributed by atoms with Gasteiger partial charge in [-0.25, -0.2) is 0 Å². The van der Waals surface area contributed by atoms with Crippen molar-refractivity contribution >= 4 is 83.4 Å². The van der Waals surface area contributed by atoms with E-state index < -0.39 is 0 Å². The molecule has 0 radical (unpaired) electrons. The zero-order valence-corrected chi connectivity index (χ0v) is 5.35. The quantitative estimate of drug-likeness (QED) is 0.603. The molecule has 0 amide bonds. The van der Waals surface area contributed by atoms with Crippen LogP contribution in [0.15, 0.2) is 17.1 Å². The van der Waals surface area contributed by atoms with Crippen molar-refractivity contribution < 1.29 is 0 Å². The minimum absolute atomic E-state index is 0. The third kappa shape index (κ3) is 3.60. The Labute approximate surface area is 109 Å². The van der Waals surface area contributed by atoms with Gasteiger partial charge in [-0.2, -0.15) is 0 Å². The van der Waals surface area contributed by atoms with Crippen molar-refractivity contribution in [3.05, 3.63) is 21.5 Å². The van der Waals surface area contributed by atoms with Crippen LogP contribution in [0, 0.1) is 6.92 Å². The van der Waals surface area contributed by atoms with Crippen molar-refractivity contribution in [1.82, 2.24) is 0 Å². The fourth-order valence-corrected chi connectivity index (χ4v) is 1.47. The first-order chi connectivity index (χ1) is 2.89. The zero-order chi connectivity index (χ0) is 4.41. The van der Waals surface area contributed by atoms with Gasteiger partial charge >= 0.3 is 112 Å². The number of hydrogen-bond donors (Lipinski definition) is 0. The van der Waals surface area contributed by atoms with Crippen LogP contribution in [0.3, 0.4) is 0 Å². The van der Waals surface area contributed by atoms with E-state index in [0.717, 1.165) is 0 Å². The summed E-state index contributed by atoms with van der Waals surface area (Å²) in [6.45, 7) is 2.17. The Hall–Kier alpha value is 2.05. The van der Waals surface area contributed by atoms with E-state index >= 15 is 0 Å². The molecule has 0 aromatic carbocycles. The normalized spacial score (nSPS) is 7.57. The van der Waals surface area contributed by atoms with E-state index in [1.807, 2.05) is 0 Å². The molecular formula is C5H7CsSe. The van der Waals surface area contributed by atoms with Crippen LogP contribution >= 0.6 is 0 Å². The first-order valence-corrected chi connectivity index (χ1v) is 3.74. The van der Waals surface area contributed by atoms with Crippen molar-refractivity contribution in [2.75, 3.05) is 0 Å². The molecule has 1 rings (SSSR count). The molecule has 0 spiro atoms. The molecule has 0 N–H and O–H groups in total. The summed E-state index contributed by atoms with van der Waals surface area (Å²) in [6, 6.07) is 4.29. The fourth-order valence-electron chi connectivity index (χ4n) is 0.361. The summed E-state index contributed by atoms with van der Waals surface area (Å²) in [5.41, 5.74) is 0. The van der Waals surface area contributed by atoms with Gasteiger partial charge in [0.1, 0.15) is 0 Å². The number of hydrogen-bond acceptors (Lipinski definition) is 0. The summed E-state index contributed by atoms with van der Waals surface area (Å²) < 4.78 is 1.53. The molecule has 1 aromatic heterocycles. The van der Waals surface area contributed by atoms with Gasteiger partial charge in [0, 0.05) is 0 Å². The zero-order valence-electron chi connectivity index (χ0n) is 3.64. The third-order valence-electron chi connectivity index (χ3n) is 0.663. The van der Waals surface area contributed by atoms with E-state index in [0.29, 0.717) is 14.5 Å². The predicted molar refractivity (Wildman–Crippen MR) is 35.3 cm³/mol. The Morgan fingerprint density at radius 1 is 1.57 bits per heavy atom. The van der Waals surface area contributed by atoms with Gasteiger partial charge in [0.2, 0.25) is 0 Å². The van der Waals surface area contributed by atoms with Crippen molar-refractivity contribution in [3.63, 3.8) is 0 Å². The van der Waals surface area contributed by atoms with Crippen LogP contribution in [-0.2, 0) is 0 Å². The Kier molecular flexibility index (Phi) is 6.32. The van der Waals surface area contributed by atoms with Crippen LogP contribution in [0.25, 0.3) is 0 Å². The molecular weight excluding hydrogens is 272 g/mol. The average Bonchev–Trinajstić information content (AvgIpc) is 1.86. The summed E-state index contributed by atoms with van der Waals surface area (Å²) >= 11 is 0.708. The molecule has 0 aliphatic rings. The van der Waals surface area contributed by atoms with Crippen LogP contribution in [0.1, 0.15) is 4.44 Å². The van der Waals surface area contributed by atoms with Crippen LogP contribution in [0.2, 0.25) is 0 Å². The topological polar surface area (TPSA) is 0 Å². The minimum atomic E-state index is 0. The summed E-state index contributed by atoms with van der Waals surface area (Å²) in [4.78, 5) is 2.22. The molecule has 7 heavy (non-hydrogen) atoms. The van der Waals surface area contributed by atoms with Crippen molar-refractivity contribution in [1.29, 1.82) is 0 Å². The van der Waals surface area contributed by atoms with E-state index in [9.17, 15) is 0 Å². The molecule has 2 heteroatoms. The van der Waals surface area contributed by atoms with Gasteiger partial charge in [-0.05, 0) is 0 Å². The second-order valence-corrected chi connectivity index (χ2v) is 3.64. The maximum absolute atomic E-state index is 2.22. The molecule has 0 fully saturated rings. The maximum atomic E-state index is 2.22. The SMILES string of the molecule is Cc1ccc[se]1.[CsH]. The standard InChI is InChI=1S/C5H6Se.Cs.H/c1-5-3-2-4-6-5;;/h2-4H,1H3;;. The summed E-state index contributed by atoms with van der Waals surface area (Å²) in [5.74, 6) is 0. The molecule has 0 saturated heterocycles. The third-order valence-corrected chi connectivity index (χ3v) is 2.34. The van der Waals surface area contributed by atoms with Crippen LogP contribution in [0.5, 0.6) is 0 Å². The molecule has 0 nitrogen and oxygen atoms in total. The fraction of sp³-hybridized carbons (Fsp3) is 0.200. The van der Waals surface area contributed by atoms with Crippen LogP contribution in [0.4, 0.5) is 0 Å².